The lowest BCUT2D eigenvalue weighted by Gasteiger charge is -2.04. The SMILES string of the molecule is CS(=O)(=O)c1ccc(-n2nnnc2CSc2nnc(-c3cccs3)o2)cc1. The minimum absolute atomic E-state index is 0.238. The summed E-state index contributed by atoms with van der Waals surface area (Å²) in [5, 5.41) is 22.1. The lowest BCUT2D eigenvalue weighted by molar-refractivity contribution is 0.466. The zero-order chi connectivity index (χ0) is 18.9. The zero-order valence-electron chi connectivity index (χ0n) is 13.9. The Morgan fingerprint density at radius 2 is 1.96 bits per heavy atom. The Balaban J connectivity index is 1.49. The second-order valence-corrected chi connectivity index (χ2v) is 9.30. The highest BCUT2D eigenvalue weighted by Gasteiger charge is 2.14. The van der Waals surface area contributed by atoms with Crippen molar-refractivity contribution in [1.82, 2.24) is 30.4 Å². The first-order chi connectivity index (χ1) is 13.0. The van der Waals surface area contributed by atoms with Crippen LogP contribution in [0, 0.1) is 0 Å². The number of nitrogens with zero attached hydrogens (tertiary/aromatic N) is 6. The van der Waals surface area contributed by atoms with Crippen LogP contribution < -0.4 is 0 Å². The number of tetrazole rings is 1. The monoisotopic (exact) mass is 420 g/mol. The van der Waals surface area contributed by atoms with Gasteiger partial charge in [-0.1, -0.05) is 17.8 Å². The fraction of sp³-hybridized carbons (Fsp3) is 0.133. The van der Waals surface area contributed by atoms with Crippen LogP contribution in [0.4, 0.5) is 0 Å². The van der Waals surface area contributed by atoms with Crippen LogP contribution in [0.15, 0.2) is 56.3 Å². The molecule has 0 radical (unpaired) electrons. The van der Waals surface area contributed by atoms with Crippen molar-refractivity contribution in [2.24, 2.45) is 0 Å². The zero-order valence-corrected chi connectivity index (χ0v) is 16.3. The molecule has 3 heterocycles. The molecule has 0 unspecified atom stereocenters. The average Bonchev–Trinajstić information content (AvgIpc) is 3.39. The van der Waals surface area contributed by atoms with Crippen LogP contribution in [0.25, 0.3) is 16.5 Å². The topological polar surface area (TPSA) is 117 Å². The summed E-state index contributed by atoms with van der Waals surface area (Å²) in [6.45, 7) is 0. The molecule has 138 valence electrons. The molecule has 0 aliphatic carbocycles. The first kappa shape index (κ1) is 17.8. The molecule has 0 saturated heterocycles. The van der Waals surface area contributed by atoms with Crippen molar-refractivity contribution >= 4 is 32.9 Å². The van der Waals surface area contributed by atoms with Crippen LogP contribution in [0.1, 0.15) is 5.82 Å². The van der Waals surface area contributed by atoms with E-state index >= 15 is 0 Å². The number of hydrogen-bond acceptors (Lipinski definition) is 10. The van der Waals surface area contributed by atoms with E-state index in [0.717, 1.165) is 11.1 Å². The fourth-order valence-electron chi connectivity index (χ4n) is 2.23. The van der Waals surface area contributed by atoms with Crippen molar-refractivity contribution in [3.8, 4) is 16.5 Å². The molecule has 27 heavy (non-hydrogen) atoms. The van der Waals surface area contributed by atoms with Crippen molar-refractivity contribution in [3.63, 3.8) is 0 Å². The quantitative estimate of drug-likeness (QED) is 0.434. The van der Waals surface area contributed by atoms with E-state index in [4.69, 9.17) is 4.42 Å². The number of rotatable bonds is 6. The Kier molecular flexibility index (Phi) is 4.76. The van der Waals surface area contributed by atoms with Gasteiger partial charge >= 0.3 is 0 Å². The van der Waals surface area contributed by atoms with Crippen LogP contribution in [0.3, 0.4) is 0 Å². The van der Waals surface area contributed by atoms with Crippen LogP contribution in [-0.2, 0) is 15.6 Å². The Labute approximate surface area is 162 Å². The number of sulfone groups is 1. The molecule has 1 aromatic carbocycles. The maximum Gasteiger partial charge on any atom is 0.277 e. The second kappa shape index (κ2) is 7.21. The molecule has 0 aliphatic heterocycles. The Morgan fingerprint density at radius 3 is 2.67 bits per heavy atom. The van der Waals surface area contributed by atoms with E-state index < -0.39 is 9.84 Å². The summed E-state index contributed by atoms with van der Waals surface area (Å²) in [6, 6.07) is 10.2. The van der Waals surface area contributed by atoms with Gasteiger partial charge in [0, 0.05) is 6.26 Å². The fourth-order valence-corrected chi connectivity index (χ4v) is 4.17. The number of thiophene rings is 1. The van der Waals surface area contributed by atoms with Crippen LogP contribution in [0.2, 0.25) is 0 Å². The van der Waals surface area contributed by atoms with Gasteiger partial charge in [0.2, 0.25) is 0 Å². The molecular weight excluding hydrogens is 408 g/mol. The molecule has 4 aromatic rings. The first-order valence-corrected chi connectivity index (χ1v) is 11.3. The van der Waals surface area contributed by atoms with E-state index in [-0.39, 0.29) is 4.90 Å². The van der Waals surface area contributed by atoms with E-state index in [1.807, 2.05) is 17.5 Å². The molecule has 4 rings (SSSR count). The Hall–Kier alpha value is -2.57. The van der Waals surface area contributed by atoms with Crippen LogP contribution in [-0.4, -0.2) is 45.1 Å². The maximum absolute atomic E-state index is 11.6. The smallest absolute Gasteiger partial charge is 0.277 e. The van der Waals surface area contributed by atoms with Gasteiger partial charge in [-0.05, 0) is 46.1 Å². The van der Waals surface area contributed by atoms with E-state index in [2.05, 4.69) is 25.7 Å². The van der Waals surface area contributed by atoms with Gasteiger partial charge in [-0.25, -0.2) is 8.42 Å². The third kappa shape index (κ3) is 3.91. The summed E-state index contributed by atoms with van der Waals surface area (Å²) in [5.41, 5.74) is 0.660. The highest BCUT2D eigenvalue weighted by molar-refractivity contribution is 7.98. The van der Waals surface area contributed by atoms with Crippen molar-refractivity contribution in [2.75, 3.05) is 6.26 Å². The largest absolute Gasteiger partial charge is 0.410 e. The minimum Gasteiger partial charge on any atom is -0.410 e. The van der Waals surface area contributed by atoms with Crippen molar-refractivity contribution in [2.45, 2.75) is 15.9 Å². The summed E-state index contributed by atoms with van der Waals surface area (Å²) >= 11 is 2.84. The van der Waals surface area contributed by atoms with Gasteiger partial charge in [0.15, 0.2) is 15.7 Å². The van der Waals surface area contributed by atoms with Gasteiger partial charge in [0.25, 0.3) is 11.1 Å². The lowest BCUT2D eigenvalue weighted by atomic mass is 10.3. The van der Waals surface area contributed by atoms with Gasteiger partial charge in [0.05, 0.1) is 21.2 Å². The molecular formula is C15H12N6O3S3. The normalized spacial score (nSPS) is 11.7. The Morgan fingerprint density at radius 1 is 1.15 bits per heavy atom. The first-order valence-electron chi connectivity index (χ1n) is 7.58. The van der Waals surface area contributed by atoms with Gasteiger partial charge < -0.3 is 4.42 Å². The highest BCUT2D eigenvalue weighted by atomic mass is 32.2. The van der Waals surface area contributed by atoms with Crippen molar-refractivity contribution in [3.05, 3.63) is 47.6 Å². The van der Waals surface area contributed by atoms with E-state index in [1.54, 1.807) is 12.1 Å². The number of hydrogen-bond donors (Lipinski definition) is 0. The summed E-state index contributed by atoms with van der Waals surface area (Å²) in [5.74, 6) is 1.46. The average molecular weight is 421 g/mol. The third-order valence-corrected chi connectivity index (χ3v) is 6.31. The van der Waals surface area contributed by atoms with E-state index in [9.17, 15) is 8.42 Å². The Bertz CT molecular complexity index is 1150. The molecule has 0 amide bonds. The molecule has 9 nitrogen and oxygen atoms in total. The summed E-state index contributed by atoms with van der Waals surface area (Å²) in [6.07, 6.45) is 1.16. The van der Waals surface area contributed by atoms with Gasteiger partial charge in [-0.2, -0.15) is 4.68 Å². The molecule has 0 atom stereocenters. The number of aromatic nitrogens is 6. The summed E-state index contributed by atoms with van der Waals surface area (Å²) in [4.78, 5) is 1.15. The van der Waals surface area contributed by atoms with Crippen LogP contribution in [0.5, 0.6) is 0 Å². The van der Waals surface area contributed by atoms with Crippen molar-refractivity contribution < 1.29 is 12.8 Å². The molecule has 0 N–H and O–H groups in total. The van der Waals surface area contributed by atoms with E-state index in [1.165, 1.54) is 39.9 Å². The molecule has 12 heteroatoms. The molecule has 0 saturated carbocycles. The van der Waals surface area contributed by atoms with Gasteiger partial charge in [-0.15, -0.1) is 26.6 Å². The third-order valence-electron chi connectivity index (χ3n) is 3.51. The number of thioether (sulfide) groups is 1. The standard InChI is InChI=1S/C15H12N6O3S3/c1-27(22,23)11-6-4-10(5-7-11)21-13(16-19-20-21)9-26-15-18-17-14(24-15)12-3-2-8-25-12/h2-8H,9H2,1H3. The molecule has 0 spiro atoms. The second-order valence-electron chi connectivity index (χ2n) is 5.41. The van der Waals surface area contributed by atoms with Crippen LogP contribution >= 0.6 is 23.1 Å². The molecule has 0 bridgehead atoms. The van der Waals surface area contributed by atoms with Gasteiger partial charge in [0.1, 0.15) is 0 Å². The molecule has 3 aromatic heterocycles. The predicted molar refractivity (Wildman–Crippen MR) is 99.4 cm³/mol. The van der Waals surface area contributed by atoms with Crippen molar-refractivity contribution in [1.29, 1.82) is 0 Å². The minimum atomic E-state index is -3.25. The summed E-state index contributed by atoms with van der Waals surface area (Å²) < 4.78 is 30.3. The maximum atomic E-state index is 11.6. The molecule has 0 aliphatic rings. The highest BCUT2D eigenvalue weighted by Crippen LogP contribution is 2.28. The van der Waals surface area contributed by atoms with Gasteiger partial charge in [-0.3, -0.25) is 0 Å². The number of benzene rings is 1. The molecule has 0 fully saturated rings. The summed E-state index contributed by atoms with van der Waals surface area (Å²) in [7, 11) is -3.25. The lowest BCUT2D eigenvalue weighted by Crippen LogP contribution is -2.03. The van der Waals surface area contributed by atoms with E-state index in [0.29, 0.717) is 28.4 Å². The predicted octanol–water partition coefficient (Wildman–Crippen LogP) is 2.47.